The zero-order chi connectivity index (χ0) is 16.5. The molecule has 0 unspecified atom stereocenters. The van der Waals surface area contributed by atoms with Crippen LogP contribution in [0.15, 0.2) is 52.3 Å². The number of benzene rings is 1. The van der Waals surface area contributed by atoms with Gasteiger partial charge in [0.05, 0.1) is 22.9 Å². The fourth-order valence-electron chi connectivity index (χ4n) is 2.53. The highest BCUT2D eigenvalue weighted by Crippen LogP contribution is 2.28. The van der Waals surface area contributed by atoms with Crippen molar-refractivity contribution in [3.63, 3.8) is 0 Å². The van der Waals surface area contributed by atoms with Crippen molar-refractivity contribution in [2.75, 3.05) is 0 Å². The van der Waals surface area contributed by atoms with E-state index in [0.29, 0.717) is 11.6 Å². The lowest BCUT2D eigenvalue weighted by Gasteiger charge is -1.99. The number of aromatic nitrogens is 4. The van der Waals surface area contributed by atoms with Gasteiger partial charge in [-0.05, 0) is 31.5 Å². The molecule has 0 fully saturated rings. The average molecular weight is 336 g/mol. The fourth-order valence-corrected chi connectivity index (χ4v) is 3.41. The van der Waals surface area contributed by atoms with Gasteiger partial charge >= 0.3 is 0 Å². The lowest BCUT2D eigenvalue weighted by Crippen LogP contribution is -1.86. The minimum Gasteiger partial charge on any atom is -0.441 e. The molecule has 0 bridgehead atoms. The van der Waals surface area contributed by atoms with Crippen molar-refractivity contribution in [1.82, 2.24) is 19.9 Å². The van der Waals surface area contributed by atoms with Crippen LogP contribution in [0.1, 0.15) is 17.0 Å². The van der Waals surface area contributed by atoms with Gasteiger partial charge in [0, 0.05) is 17.5 Å². The van der Waals surface area contributed by atoms with E-state index < -0.39 is 0 Å². The first-order chi connectivity index (χ1) is 11.7. The minimum atomic E-state index is 0.676. The van der Waals surface area contributed by atoms with E-state index >= 15 is 0 Å². The molecule has 0 saturated heterocycles. The summed E-state index contributed by atoms with van der Waals surface area (Å²) in [6, 6.07) is 10.0. The average Bonchev–Trinajstić information content (AvgIpc) is 3.16. The Hall–Kier alpha value is -2.60. The maximum Gasteiger partial charge on any atom is 0.226 e. The number of hydrogen-bond donors (Lipinski definition) is 1. The highest BCUT2D eigenvalue weighted by Gasteiger charge is 2.14. The summed E-state index contributed by atoms with van der Waals surface area (Å²) >= 11 is 1.61. The summed E-state index contributed by atoms with van der Waals surface area (Å²) in [6.45, 7) is 4.01. The summed E-state index contributed by atoms with van der Waals surface area (Å²) < 4.78 is 5.86. The van der Waals surface area contributed by atoms with Crippen LogP contribution in [0, 0.1) is 13.8 Å². The number of rotatable bonds is 4. The van der Waals surface area contributed by atoms with Crippen LogP contribution in [0.2, 0.25) is 0 Å². The third-order valence-corrected chi connectivity index (χ3v) is 4.76. The van der Waals surface area contributed by atoms with Gasteiger partial charge in [0.2, 0.25) is 5.89 Å². The Morgan fingerprint density at radius 1 is 1.12 bits per heavy atom. The van der Waals surface area contributed by atoms with Gasteiger partial charge in [0.15, 0.2) is 5.16 Å². The molecule has 0 aliphatic heterocycles. The first-order valence-corrected chi connectivity index (χ1v) is 8.64. The topological polar surface area (TPSA) is 67.6 Å². The molecule has 0 aliphatic rings. The molecule has 5 nitrogen and oxygen atoms in total. The number of nitrogens with one attached hydrogen (secondary N) is 1. The Bertz CT molecular complexity index is 972. The number of imidazole rings is 1. The van der Waals surface area contributed by atoms with Crippen molar-refractivity contribution < 1.29 is 4.42 Å². The number of fused-ring (bicyclic) bond motifs is 1. The summed E-state index contributed by atoms with van der Waals surface area (Å²) in [6.07, 6.45) is 3.53. The molecule has 6 heteroatoms. The number of H-pyrrole nitrogens is 1. The summed E-state index contributed by atoms with van der Waals surface area (Å²) in [5, 5.41) is 0.859. The SMILES string of the molecule is Cc1ccccc1-c1nc(CSc2nc3ccncc3[nH]2)c(C)o1. The second kappa shape index (κ2) is 6.13. The van der Waals surface area contributed by atoms with Gasteiger partial charge in [-0.3, -0.25) is 4.98 Å². The van der Waals surface area contributed by atoms with Crippen LogP contribution in [-0.4, -0.2) is 19.9 Å². The van der Waals surface area contributed by atoms with E-state index in [4.69, 9.17) is 4.42 Å². The molecule has 0 radical (unpaired) electrons. The Labute approximate surface area is 143 Å². The van der Waals surface area contributed by atoms with Gasteiger partial charge in [-0.25, -0.2) is 9.97 Å². The largest absolute Gasteiger partial charge is 0.441 e. The number of nitrogens with zero attached hydrogens (tertiary/aromatic N) is 3. The Balaban J connectivity index is 1.56. The monoisotopic (exact) mass is 336 g/mol. The quantitative estimate of drug-likeness (QED) is 0.555. The molecular formula is C18H16N4OS. The van der Waals surface area contributed by atoms with Gasteiger partial charge in [-0.15, -0.1) is 0 Å². The lowest BCUT2D eigenvalue weighted by molar-refractivity contribution is 0.540. The Morgan fingerprint density at radius 2 is 2.00 bits per heavy atom. The van der Waals surface area contributed by atoms with Gasteiger partial charge in [0.25, 0.3) is 0 Å². The number of hydrogen-bond acceptors (Lipinski definition) is 5. The lowest BCUT2D eigenvalue weighted by atomic mass is 10.1. The van der Waals surface area contributed by atoms with Gasteiger partial charge in [0.1, 0.15) is 5.76 Å². The predicted octanol–water partition coefficient (Wildman–Crippen LogP) is 4.52. The fraction of sp³-hybridized carbons (Fsp3) is 0.167. The molecule has 1 N–H and O–H groups in total. The first kappa shape index (κ1) is 15.0. The second-order valence-corrected chi connectivity index (χ2v) is 6.52. The molecule has 3 aromatic heterocycles. The summed E-state index contributed by atoms with van der Waals surface area (Å²) in [5.41, 5.74) is 4.99. The number of oxazole rings is 1. The van der Waals surface area contributed by atoms with Crippen LogP contribution in [-0.2, 0) is 5.75 Å². The highest BCUT2D eigenvalue weighted by atomic mass is 32.2. The van der Waals surface area contributed by atoms with Crippen LogP contribution in [0.25, 0.3) is 22.5 Å². The maximum atomic E-state index is 5.86. The predicted molar refractivity (Wildman–Crippen MR) is 94.9 cm³/mol. The van der Waals surface area contributed by atoms with E-state index in [2.05, 4.69) is 32.9 Å². The van der Waals surface area contributed by atoms with Crippen molar-refractivity contribution in [2.45, 2.75) is 24.8 Å². The van der Waals surface area contributed by atoms with Gasteiger partial charge in [-0.2, -0.15) is 0 Å². The maximum absolute atomic E-state index is 5.86. The molecule has 0 aliphatic carbocycles. The molecule has 0 saturated carbocycles. The number of pyridine rings is 1. The van der Waals surface area contributed by atoms with Crippen LogP contribution in [0.4, 0.5) is 0 Å². The zero-order valence-corrected chi connectivity index (χ0v) is 14.2. The third kappa shape index (κ3) is 2.80. The van der Waals surface area contributed by atoms with Crippen molar-refractivity contribution in [3.05, 3.63) is 59.7 Å². The molecule has 4 rings (SSSR count). The van der Waals surface area contributed by atoms with Crippen LogP contribution < -0.4 is 0 Å². The van der Waals surface area contributed by atoms with Crippen molar-refractivity contribution in [1.29, 1.82) is 0 Å². The molecule has 3 heterocycles. The molecule has 24 heavy (non-hydrogen) atoms. The summed E-state index contributed by atoms with van der Waals surface area (Å²) in [5.74, 6) is 2.22. The molecular weight excluding hydrogens is 320 g/mol. The minimum absolute atomic E-state index is 0.676. The van der Waals surface area contributed by atoms with E-state index in [1.165, 1.54) is 0 Å². The molecule has 0 amide bonds. The normalized spacial score (nSPS) is 11.2. The summed E-state index contributed by atoms with van der Waals surface area (Å²) in [7, 11) is 0. The Kier molecular flexibility index (Phi) is 3.82. The summed E-state index contributed by atoms with van der Waals surface area (Å²) in [4.78, 5) is 16.6. The van der Waals surface area contributed by atoms with Crippen molar-refractivity contribution >= 4 is 22.8 Å². The highest BCUT2D eigenvalue weighted by molar-refractivity contribution is 7.98. The standard InChI is InChI=1S/C18H16N4OS/c1-11-5-3-4-6-13(11)17-20-16(12(2)23-17)10-24-18-21-14-7-8-19-9-15(14)22-18/h3-9H,10H2,1-2H3,(H,21,22). The number of thioether (sulfide) groups is 1. The molecule has 4 aromatic rings. The van der Waals surface area contributed by atoms with Crippen molar-refractivity contribution in [2.24, 2.45) is 0 Å². The molecule has 120 valence electrons. The second-order valence-electron chi connectivity index (χ2n) is 5.56. The van der Waals surface area contributed by atoms with Gasteiger partial charge < -0.3 is 9.40 Å². The Morgan fingerprint density at radius 3 is 2.83 bits per heavy atom. The van der Waals surface area contributed by atoms with Crippen molar-refractivity contribution in [3.8, 4) is 11.5 Å². The molecule has 1 aromatic carbocycles. The van der Waals surface area contributed by atoms with E-state index in [9.17, 15) is 0 Å². The van der Waals surface area contributed by atoms with Crippen LogP contribution in [0.3, 0.4) is 0 Å². The number of aromatic amines is 1. The number of aryl methyl sites for hydroxylation is 2. The zero-order valence-electron chi connectivity index (χ0n) is 13.4. The molecule has 0 spiro atoms. The first-order valence-electron chi connectivity index (χ1n) is 7.65. The van der Waals surface area contributed by atoms with Crippen LogP contribution >= 0.6 is 11.8 Å². The van der Waals surface area contributed by atoms with E-state index in [0.717, 1.165) is 38.8 Å². The smallest absolute Gasteiger partial charge is 0.226 e. The van der Waals surface area contributed by atoms with E-state index in [-0.39, 0.29) is 0 Å². The molecule has 0 atom stereocenters. The van der Waals surface area contributed by atoms with Gasteiger partial charge in [-0.1, -0.05) is 30.0 Å². The van der Waals surface area contributed by atoms with E-state index in [1.54, 1.807) is 24.2 Å². The van der Waals surface area contributed by atoms with Crippen LogP contribution in [0.5, 0.6) is 0 Å². The van der Waals surface area contributed by atoms with E-state index in [1.807, 2.05) is 31.2 Å². The third-order valence-electron chi connectivity index (χ3n) is 3.88.